The molecule has 2 aromatic heterocycles. The molecule has 0 atom stereocenters. The summed E-state index contributed by atoms with van der Waals surface area (Å²) in [4.78, 5) is 18.0. The zero-order valence-corrected chi connectivity index (χ0v) is 15.4. The molecule has 4 rings (SSSR count). The number of rotatable bonds is 3. The number of pyridine rings is 1. The molecule has 0 bridgehead atoms. The summed E-state index contributed by atoms with van der Waals surface area (Å²) in [6, 6.07) is 19.0. The Bertz CT molecular complexity index is 1160. The van der Waals surface area contributed by atoms with Crippen LogP contribution in [0.25, 0.3) is 22.2 Å². The minimum absolute atomic E-state index is 0.164. The molecule has 0 aliphatic heterocycles. The first kappa shape index (κ1) is 17.0. The topological polar surface area (TPSA) is 57.0 Å². The Labute approximate surface area is 157 Å². The van der Waals surface area contributed by atoms with E-state index < -0.39 is 0 Å². The second-order valence-corrected chi connectivity index (χ2v) is 6.45. The van der Waals surface area contributed by atoms with Gasteiger partial charge in [-0.1, -0.05) is 30.3 Å². The molecule has 0 N–H and O–H groups in total. The van der Waals surface area contributed by atoms with Crippen LogP contribution in [-0.2, 0) is 0 Å². The Morgan fingerprint density at radius 3 is 2.56 bits per heavy atom. The van der Waals surface area contributed by atoms with Gasteiger partial charge in [0, 0.05) is 16.6 Å². The predicted octanol–water partition coefficient (Wildman–Crippen LogP) is 4.41. The summed E-state index contributed by atoms with van der Waals surface area (Å²) in [7, 11) is 1.63. The Morgan fingerprint density at radius 1 is 1.00 bits per heavy atom. The van der Waals surface area contributed by atoms with Crippen LogP contribution in [0.1, 0.15) is 21.7 Å². The van der Waals surface area contributed by atoms with Gasteiger partial charge in [0.05, 0.1) is 29.6 Å². The number of hydrogen-bond acceptors (Lipinski definition) is 4. The zero-order chi connectivity index (χ0) is 19.0. The fourth-order valence-corrected chi connectivity index (χ4v) is 3.23. The number of aromatic nitrogens is 3. The minimum Gasteiger partial charge on any atom is -0.497 e. The van der Waals surface area contributed by atoms with Crippen molar-refractivity contribution in [2.45, 2.75) is 13.8 Å². The van der Waals surface area contributed by atoms with Crippen LogP contribution >= 0.6 is 0 Å². The molecule has 0 aliphatic rings. The maximum Gasteiger partial charge on any atom is 0.279 e. The van der Waals surface area contributed by atoms with Gasteiger partial charge in [-0.2, -0.15) is 5.10 Å². The van der Waals surface area contributed by atoms with Crippen LogP contribution in [0.5, 0.6) is 5.75 Å². The van der Waals surface area contributed by atoms with Crippen molar-refractivity contribution in [3.8, 4) is 17.0 Å². The summed E-state index contributed by atoms with van der Waals surface area (Å²) in [6.07, 6.45) is 0. The number of hydrogen-bond donors (Lipinski definition) is 0. The van der Waals surface area contributed by atoms with Crippen molar-refractivity contribution in [1.29, 1.82) is 0 Å². The van der Waals surface area contributed by atoms with Gasteiger partial charge in [0.15, 0.2) is 0 Å². The minimum atomic E-state index is -0.164. The lowest BCUT2D eigenvalue weighted by Gasteiger charge is -2.11. The third-order valence-electron chi connectivity index (χ3n) is 4.51. The first-order valence-electron chi connectivity index (χ1n) is 8.69. The molecule has 0 amide bonds. The number of benzene rings is 2. The zero-order valence-electron chi connectivity index (χ0n) is 15.4. The molecule has 0 aliphatic carbocycles. The largest absolute Gasteiger partial charge is 0.497 e. The Balaban J connectivity index is 1.93. The number of carbonyl (C=O) groups excluding carboxylic acids is 1. The van der Waals surface area contributed by atoms with Crippen LogP contribution in [-0.4, -0.2) is 27.8 Å². The first-order valence-corrected chi connectivity index (χ1v) is 8.69. The number of para-hydroxylation sites is 1. The monoisotopic (exact) mass is 357 g/mol. The van der Waals surface area contributed by atoms with Gasteiger partial charge in [0.1, 0.15) is 5.75 Å². The van der Waals surface area contributed by atoms with E-state index in [0.717, 1.165) is 39.3 Å². The molecule has 0 unspecified atom stereocenters. The van der Waals surface area contributed by atoms with Crippen molar-refractivity contribution in [1.82, 2.24) is 14.8 Å². The highest BCUT2D eigenvalue weighted by molar-refractivity contribution is 6.08. The summed E-state index contributed by atoms with van der Waals surface area (Å²) < 4.78 is 6.77. The second-order valence-electron chi connectivity index (χ2n) is 6.45. The van der Waals surface area contributed by atoms with Gasteiger partial charge >= 0.3 is 0 Å². The predicted molar refractivity (Wildman–Crippen MR) is 105 cm³/mol. The number of ether oxygens (including phenoxy) is 1. The van der Waals surface area contributed by atoms with Crippen LogP contribution < -0.4 is 4.74 Å². The van der Waals surface area contributed by atoms with Gasteiger partial charge in [0.2, 0.25) is 0 Å². The molecule has 5 heteroatoms. The summed E-state index contributed by atoms with van der Waals surface area (Å²) in [6.45, 7) is 3.76. The van der Waals surface area contributed by atoms with Crippen LogP contribution in [0.2, 0.25) is 0 Å². The van der Waals surface area contributed by atoms with Crippen LogP contribution in [0.3, 0.4) is 0 Å². The average Bonchev–Trinajstić information content (AvgIpc) is 3.04. The molecule has 0 radical (unpaired) electrons. The SMILES string of the molecule is COc1cccc(-c2cc(C(=O)n3nc(C)cc3C)c3ccccc3n2)c1. The van der Waals surface area contributed by atoms with E-state index in [4.69, 9.17) is 9.72 Å². The van der Waals surface area contributed by atoms with Gasteiger partial charge in [-0.05, 0) is 44.2 Å². The van der Waals surface area contributed by atoms with E-state index in [-0.39, 0.29) is 5.91 Å². The van der Waals surface area contributed by atoms with Crippen molar-refractivity contribution in [2.75, 3.05) is 7.11 Å². The highest BCUT2D eigenvalue weighted by Crippen LogP contribution is 2.27. The maximum atomic E-state index is 13.2. The third-order valence-corrected chi connectivity index (χ3v) is 4.51. The van der Waals surface area contributed by atoms with Crippen molar-refractivity contribution in [3.05, 3.63) is 77.6 Å². The van der Waals surface area contributed by atoms with E-state index in [1.807, 2.05) is 74.5 Å². The first-order chi connectivity index (χ1) is 13.1. The fourth-order valence-electron chi connectivity index (χ4n) is 3.23. The summed E-state index contributed by atoms with van der Waals surface area (Å²) in [5.74, 6) is 0.581. The smallest absolute Gasteiger partial charge is 0.279 e. The normalized spacial score (nSPS) is 10.9. The van der Waals surface area contributed by atoms with E-state index in [9.17, 15) is 4.79 Å². The standard InChI is InChI=1S/C22H19N3O2/c1-14-11-15(2)25(24-14)22(26)19-13-21(16-7-6-8-17(12-16)27-3)23-20-10-5-4-9-18(19)20/h4-13H,1-3H3. The van der Waals surface area contributed by atoms with Crippen LogP contribution in [0, 0.1) is 13.8 Å². The van der Waals surface area contributed by atoms with Crippen molar-refractivity contribution in [3.63, 3.8) is 0 Å². The number of methoxy groups -OCH3 is 1. The molecule has 5 nitrogen and oxygen atoms in total. The molecule has 0 saturated carbocycles. The molecular weight excluding hydrogens is 338 g/mol. The molecule has 0 spiro atoms. The van der Waals surface area contributed by atoms with E-state index in [2.05, 4.69) is 5.10 Å². The molecule has 134 valence electrons. The van der Waals surface area contributed by atoms with E-state index in [0.29, 0.717) is 5.56 Å². The van der Waals surface area contributed by atoms with E-state index in [1.54, 1.807) is 7.11 Å². The second kappa shape index (κ2) is 6.68. The van der Waals surface area contributed by atoms with Crippen molar-refractivity contribution in [2.24, 2.45) is 0 Å². The molecule has 27 heavy (non-hydrogen) atoms. The fraction of sp³-hybridized carbons (Fsp3) is 0.136. The Hall–Kier alpha value is -3.47. The lowest BCUT2D eigenvalue weighted by Crippen LogP contribution is -2.16. The highest BCUT2D eigenvalue weighted by Gasteiger charge is 2.18. The highest BCUT2D eigenvalue weighted by atomic mass is 16.5. The number of fused-ring (bicyclic) bond motifs is 1. The number of nitrogens with zero attached hydrogens (tertiary/aromatic N) is 3. The average molecular weight is 357 g/mol. The number of carbonyl (C=O) groups is 1. The van der Waals surface area contributed by atoms with E-state index in [1.165, 1.54) is 4.68 Å². The molecular formula is C22H19N3O2. The van der Waals surface area contributed by atoms with Gasteiger partial charge in [-0.3, -0.25) is 4.79 Å². The van der Waals surface area contributed by atoms with Crippen LogP contribution in [0.15, 0.2) is 60.7 Å². The van der Waals surface area contributed by atoms with Gasteiger partial charge in [-0.15, -0.1) is 0 Å². The maximum absolute atomic E-state index is 13.2. The molecule has 0 saturated heterocycles. The van der Waals surface area contributed by atoms with Crippen molar-refractivity contribution >= 4 is 16.8 Å². The Morgan fingerprint density at radius 2 is 1.81 bits per heavy atom. The summed E-state index contributed by atoms with van der Waals surface area (Å²) >= 11 is 0. The molecule has 4 aromatic rings. The molecule has 2 heterocycles. The third kappa shape index (κ3) is 3.08. The Kier molecular flexibility index (Phi) is 4.20. The van der Waals surface area contributed by atoms with E-state index >= 15 is 0 Å². The lowest BCUT2D eigenvalue weighted by molar-refractivity contribution is 0.0944. The van der Waals surface area contributed by atoms with Crippen molar-refractivity contribution < 1.29 is 9.53 Å². The van der Waals surface area contributed by atoms with Gasteiger partial charge in [0.25, 0.3) is 5.91 Å². The molecule has 0 fully saturated rings. The van der Waals surface area contributed by atoms with Gasteiger partial charge in [-0.25, -0.2) is 9.67 Å². The molecule has 2 aromatic carbocycles. The number of aryl methyl sites for hydroxylation is 2. The van der Waals surface area contributed by atoms with Gasteiger partial charge < -0.3 is 4.74 Å². The quantitative estimate of drug-likeness (QED) is 0.545. The van der Waals surface area contributed by atoms with Crippen LogP contribution in [0.4, 0.5) is 0 Å². The summed E-state index contributed by atoms with van der Waals surface area (Å²) in [5.41, 5.74) is 4.57. The summed E-state index contributed by atoms with van der Waals surface area (Å²) in [5, 5.41) is 5.16. The lowest BCUT2D eigenvalue weighted by atomic mass is 10.0.